The van der Waals surface area contributed by atoms with Crippen LogP contribution in [0.15, 0.2) is 0 Å². The number of hydrogen-bond acceptors (Lipinski definition) is 2. The van der Waals surface area contributed by atoms with Crippen molar-refractivity contribution >= 4 is 0 Å². The summed E-state index contributed by atoms with van der Waals surface area (Å²) in [6.07, 6.45) is 7.14. The van der Waals surface area contributed by atoms with Gasteiger partial charge in [0.1, 0.15) is 0 Å². The first-order chi connectivity index (χ1) is 5.85. The Morgan fingerprint density at radius 2 is 1.92 bits per heavy atom. The van der Waals surface area contributed by atoms with Gasteiger partial charge in [0, 0.05) is 13.1 Å². The second kappa shape index (κ2) is 3.35. The molecule has 0 aromatic heterocycles. The van der Waals surface area contributed by atoms with E-state index in [0.29, 0.717) is 12.0 Å². The highest BCUT2D eigenvalue weighted by molar-refractivity contribution is 4.92. The fourth-order valence-corrected chi connectivity index (χ4v) is 2.89. The molecule has 70 valence electrons. The van der Waals surface area contributed by atoms with E-state index in [4.69, 9.17) is 5.11 Å². The van der Waals surface area contributed by atoms with Gasteiger partial charge in [-0.3, -0.25) is 0 Å². The van der Waals surface area contributed by atoms with Crippen molar-refractivity contribution in [3.63, 3.8) is 0 Å². The molecule has 0 radical (unpaired) electrons. The fraction of sp³-hybridized carbons (Fsp3) is 1.00. The average Bonchev–Trinajstić information content (AvgIpc) is 2.65. The van der Waals surface area contributed by atoms with Gasteiger partial charge in [0.25, 0.3) is 0 Å². The van der Waals surface area contributed by atoms with Gasteiger partial charge in [0.2, 0.25) is 0 Å². The molecule has 2 fully saturated rings. The molecule has 2 nitrogen and oxygen atoms in total. The van der Waals surface area contributed by atoms with Crippen molar-refractivity contribution in [2.45, 2.75) is 32.1 Å². The fourth-order valence-electron chi connectivity index (χ4n) is 2.89. The molecule has 1 aliphatic carbocycles. The van der Waals surface area contributed by atoms with Crippen LogP contribution in [0.2, 0.25) is 0 Å². The van der Waals surface area contributed by atoms with Crippen LogP contribution in [0.3, 0.4) is 0 Å². The zero-order valence-corrected chi connectivity index (χ0v) is 7.76. The van der Waals surface area contributed by atoms with Crippen LogP contribution in [-0.2, 0) is 0 Å². The van der Waals surface area contributed by atoms with E-state index < -0.39 is 0 Å². The first-order valence-electron chi connectivity index (χ1n) is 5.18. The summed E-state index contributed by atoms with van der Waals surface area (Å²) in [4.78, 5) is 2.42. The summed E-state index contributed by atoms with van der Waals surface area (Å²) in [5.74, 6) is 0. The van der Waals surface area contributed by atoms with Crippen LogP contribution in [0, 0.1) is 5.41 Å². The van der Waals surface area contributed by atoms with Gasteiger partial charge >= 0.3 is 0 Å². The van der Waals surface area contributed by atoms with Crippen molar-refractivity contribution in [3.8, 4) is 0 Å². The maximum atomic E-state index is 8.82. The molecule has 0 amide bonds. The van der Waals surface area contributed by atoms with E-state index in [1.165, 1.54) is 45.2 Å². The minimum Gasteiger partial charge on any atom is -0.395 e. The van der Waals surface area contributed by atoms with Gasteiger partial charge < -0.3 is 10.0 Å². The second-order valence-electron chi connectivity index (χ2n) is 4.46. The van der Waals surface area contributed by atoms with Crippen LogP contribution in [0.5, 0.6) is 0 Å². The molecule has 0 aromatic rings. The van der Waals surface area contributed by atoms with Crippen LogP contribution in [0.4, 0.5) is 0 Å². The quantitative estimate of drug-likeness (QED) is 0.672. The Labute approximate surface area is 74.6 Å². The molecule has 1 saturated heterocycles. The molecular weight excluding hydrogens is 150 g/mol. The van der Waals surface area contributed by atoms with Gasteiger partial charge in [-0.05, 0) is 31.2 Å². The number of aliphatic hydroxyl groups excluding tert-OH is 1. The standard InChI is InChI=1S/C10H19NO/c12-8-7-11-6-5-10(9-11)3-1-2-4-10/h12H,1-9H2. The molecule has 0 unspecified atom stereocenters. The smallest absolute Gasteiger partial charge is 0.0558 e. The molecule has 1 saturated carbocycles. The van der Waals surface area contributed by atoms with E-state index in [2.05, 4.69) is 4.90 Å². The Morgan fingerprint density at radius 1 is 1.17 bits per heavy atom. The van der Waals surface area contributed by atoms with E-state index in [9.17, 15) is 0 Å². The van der Waals surface area contributed by atoms with Crippen molar-refractivity contribution in [1.82, 2.24) is 4.90 Å². The lowest BCUT2D eigenvalue weighted by atomic mass is 9.86. The van der Waals surface area contributed by atoms with Gasteiger partial charge in [-0.1, -0.05) is 12.8 Å². The Balaban J connectivity index is 1.88. The number of hydrogen-bond donors (Lipinski definition) is 1. The number of β-amino-alcohol motifs (C(OH)–C–C–N with tert-alkyl or cyclic N) is 1. The number of nitrogens with zero attached hydrogens (tertiary/aromatic N) is 1. The summed E-state index contributed by atoms with van der Waals surface area (Å²) < 4.78 is 0. The molecule has 2 rings (SSSR count). The summed E-state index contributed by atoms with van der Waals surface area (Å²) >= 11 is 0. The maximum Gasteiger partial charge on any atom is 0.0558 e. The summed E-state index contributed by atoms with van der Waals surface area (Å²) in [6.45, 7) is 3.70. The SMILES string of the molecule is OCCN1CCC2(CCCC2)C1. The first kappa shape index (κ1) is 8.52. The largest absolute Gasteiger partial charge is 0.395 e. The van der Waals surface area contributed by atoms with Gasteiger partial charge in [-0.15, -0.1) is 0 Å². The van der Waals surface area contributed by atoms with Crippen molar-refractivity contribution in [3.05, 3.63) is 0 Å². The minimum atomic E-state index is 0.329. The summed E-state index contributed by atoms with van der Waals surface area (Å²) in [7, 11) is 0. The topological polar surface area (TPSA) is 23.5 Å². The Morgan fingerprint density at radius 3 is 2.58 bits per heavy atom. The van der Waals surface area contributed by atoms with E-state index >= 15 is 0 Å². The lowest BCUT2D eigenvalue weighted by molar-refractivity contribution is 0.201. The third-order valence-corrected chi connectivity index (χ3v) is 3.60. The second-order valence-corrected chi connectivity index (χ2v) is 4.46. The summed E-state index contributed by atoms with van der Waals surface area (Å²) in [5, 5.41) is 8.82. The molecule has 0 atom stereocenters. The minimum absolute atomic E-state index is 0.329. The van der Waals surface area contributed by atoms with E-state index in [0.717, 1.165) is 6.54 Å². The molecule has 1 heterocycles. The molecule has 12 heavy (non-hydrogen) atoms. The van der Waals surface area contributed by atoms with Crippen LogP contribution in [0.25, 0.3) is 0 Å². The molecule has 2 heteroatoms. The third kappa shape index (κ3) is 1.50. The number of aliphatic hydroxyl groups is 1. The summed E-state index contributed by atoms with van der Waals surface area (Å²) in [6, 6.07) is 0. The predicted molar refractivity (Wildman–Crippen MR) is 49.0 cm³/mol. The molecule has 1 aliphatic heterocycles. The molecular formula is C10H19NO. The Hall–Kier alpha value is -0.0800. The normalized spacial score (nSPS) is 28.8. The molecule has 1 N–H and O–H groups in total. The average molecular weight is 169 g/mol. The molecule has 0 bridgehead atoms. The molecule has 2 aliphatic rings. The number of likely N-dealkylation sites (tertiary alicyclic amines) is 1. The van der Waals surface area contributed by atoms with E-state index in [1.807, 2.05) is 0 Å². The highest BCUT2D eigenvalue weighted by Gasteiger charge is 2.39. The monoisotopic (exact) mass is 169 g/mol. The van der Waals surface area contributed by atoms with Gasteiger partial charge in [0.15, 0.2) is 0 Å². The summed E-state index contributed by atoms with van der Waals surface area (Å²) in [5.41, 5.74) is 0.676. The molecule has 0 aromatic carbocycles. The van der Waals surface area contributed by atoms with Crippen molar-refractivity contribution in [2.75, 3.05) is 26.2 Å². The van der Waals surface area contributed by atoms with Gasteiger partial charge in [-0.2, -0.15) is 0 Å². The van der Waals surface area contributed by atoms with Crippen LogP contribution < -0.4 is 0 Å². The van der Waals surface area contributed by atoms with Crippen molar-refractivity contribution in [1.29, 1.82) is 0 Å². The highest BCUT2D eigenvalue weighted by Crippen LogP contribution is 2.44. The highest BCUT2D eigenvalue weighted by atomic mass is 16.3. The zero-order chi connectivity index (χ0) is 8.44. The van der Waals surface area contributed by atoms with Crippen molar-refractivity contribution in [2.24, 2.45) is 5.41 Å². The lowest BCUT2D eigenvalue weighted by Gasteiger charge is -2.22. The zero-order valence-electron chi connectivity index (χ0n) is 7.76. The van der Waals surface area contributed by atoms with Gasteiger partial charge in [0.05, 0.1) is 6.61 Å². The van der Waals surface area contributed by atoms with Crippen LogP contribution >= 0.6 is 0 Å². The molecule has 1 spiro atoms. The van der Waals surface area contributed by atoms with Crippen molar-refractivity contribution < 1.29 is 5.11 Å². The van der Waals surface area contributed by atoms with E-state index in [1.54, 1.807) is 0 Å². The number of rotatable bonds is 2. The van der Waals surface area contributed by atoms with Gasteiger partial charge in [-0.25, -0.2) is 0 Å². The van der Waals surface area contributed by atoms with Crippen LogP contribution in [-0.4, -0.2) is 36.2 Å². The predicted octanol–water partition coefficient (Wildman–Crippen LogP) is 1.24. The Bertz CT molecular complexity index is 152. The Kier molecular flexibility index (Phi) is 2.37. The maximum absolute atomic E-state index is 8.82. The lowest BCUT2D eigenvalue weighted by Crippen LogP contribution is -2.27. The van der Waals surface area contributed by atoms with E-state index in [-0.39, 0.29) is 0 Å². The van der Waals surface area contributed by atoms with Crippen LogP contribution in [0.1, 0.15) is 32.1 Å². The first-order valence-corrected chi connectivity index (χ1v) is 5.18. The third-order valence-electron chi connectivity index (χ3n) is 3.60.